The third-order valence-corrected chi connectivity index (χ3v) is 4.48. The van der Waals surface area contributed by atoms with E-state index in [2.05, 4.69) is 0 Å². The van der Waals surface area contributed by atoms with Crippen molar-refractivity contribution in [2.24, 2.45) is 0 Å². The maximum atomic E-state index is 14.4. The van der Waals surface area contributed by atoms with Crippen LogP contribution in [-0.2, 0) is 11.3 Å². The lowest BCUT2D eigenvalue weighted by Crippen LogP contribution is -2.58. The van der Waals surface area contributed by atoms with Gasteiger partial charge in [0.2, 0.25) is 0 Å². The van der Waals surface area contributed by atoms with Crippen LogP contribution in [0.15, 0.2) is 30.3 Å². The van der Waals surface area contributed by atoms with E-state index in [1.807, 2.05) is 35.2 Å². The zero-order valence-electron chi connectivity index (χ0n) is 14.3. The first-order chi connectivity index (χ1) is 11.2. The molecule has 132 valence electrons. The number of hydrogen-bond donors (Lipinski definition) is 0. The van der Waals surface area contributed by atoms with E-state index < -0.39 is 29.7 Å². The number of carbonyl (C=O) groups excluding carboxylic acids is 1. The number of benzene rings is 1. The monoisotopic (exact) mass is 338 g/mol. The molecule has 1 aromatic rings. The van der Waals surface area contributed by atoms with Crippen LogP contribution >= 0.6 is 0 Å². The molecular formula is C18H24F2N2O2. The standard InChI is InChI=1S/C18H24F2N2O2/c1-17(2,3)24-16(23)22-14-9-18(19,20)15(22)12-21(11-14)10-13-7-5-4-6-8-13/h4-8,14-15H,9-12H2,1-3H3. The van der Waals surface area contributed by atoms with Crippen LogP contribution in [0.25, 0.3) is 0 Å². The van der Waals surface area contributed by atoms with Crippen LogP contribution in [0.5, 0.6) is 0 Å². The lowest BCUT2D eigenvalue weighted by atomic mass is 10.1. The molecule has 6 heteroatoms. The summed E-state index contributed by atoms with van der Waals surface area (Å²) in [4.78, 5) is 15.7. The fourth-order valence-electron chi connectivity index (χ4n) is 3.56. The van der Waals surface area contributed by atoms with Gasteiger partial charge in [0.15, 0.2) is 0 Å². The number of halogens is 2. The van der Waals surface area contributed by atoms with Crippen molar-refractivity contribution in [3.8, 4) is 0 Å². The van der Waals surface area contributed by atoms with Gasteiger partial charge >= 0.3 is 6.09 Å². The number of alkyl halides is 2. The third-order valence-electron chi connectivity index (χ3n) is 4.48. The summed E-state index contributed by atoms with van der Waals surface area (Å²) in [5.74, 6) is -2.87. The molecule has 24 heavy (non-hydrogen) atoms. The molecule has 0 aliphatic carbocycles. The Morgan fingerprint density at radius 1 is 1.25 bits per heavy atom. The molecule has 0 saturated carbocycles. The number of piperazine rings is 1. The van der Waals surface area contributed by atoms with Crippen molar-refractivity contribution in [2.45, 2.75) is 57.3 Å². The highest BCUT2D eigenvalue weighted by molar-refractivity contribution is 5.70. The predicted octanol–water partition coefficient (Wildman–Crippen LogP) is 3.52. The first kappa shape index (κ1) is 17.1. The average molecular weight is 338 g/mol. The largest absolute Gasteiger partial charge is 0.444 e. The number of carbonyl (C=O) groups is 1. The van der Waals surface area contributed by atoms with Crippen molar-refractivity contribution < 1.29 is 18.3 Å². The Balaban J connectivity index is 1.74. The van der Waals surface area contributed by atoms with Crippen molar-refractivity contribution >= 4 is 6.09 Å². The highest BCUT2D eigenvalue weighted by Gasteiger charge is 2.59. The van der Waals surface area contributed by atoms with Gasteiger partial charge < -0.3 is 4.74 Å². The van der Waals surface area contributed by atoms with Crippen LogP contribution in [0.4, 0.5) is 13.6 Å². The van der Waals surface area contributed by atoms with Crippen LogP contribution in [0.2, 0.25) is 0 Å². The Labute approximate surface area is 141 Å². The minimum atomic E-state index is -2.87. The molecule has 3 rings (SSSR count). The number of hydrogen-bond acceptors (Lipinski definition) is 3. The molecule has 0 radical (unpaired) electrons. The number of amides is 1. The SMILES string of the molecule is CC(C)(C)OC(=O)N1C2CN(Cc3ccccc3)CC1C(F)(F)C2. The van der Waals surface area contributed by atoms with Crippen molar-refractivity contribution in [1.82, 2.24) is 9.80 Å². The molecule has 1 amide bonds. The fourth-order valence-corrected chi connectivity index (χ4v) is 3.56. The van der Waals surface area contributed by atoms with Crippen molar-refractivity contribution in [3.05, 3.63) is 35.9 Å². The lowest BCUT2D eigenvalue weighted by molar-refractivity contribution is -0.0587. The number of nitrogens with zero attached hydrogens (tertiary/aromatic N) is 2. The Hall–Kier alpha value is -1.69. The molecule has 2 fully saturated rings. The second kappa shape index (κ2) is 5.99. The van der Waals surface area contributed by atoms with E-state index in [-0.39, 0.29) is 13.0 Å². The Morgan fingerprint density at radius 2 is 1.92 bits per heavy atom. The fraction of sp³-hybridized carbons (Fsp3) is 0.611. The third kappa shape index (κ3) is 3.53. The number of fused-ring (bicyclic) bond motifs is 2. The van der Waals surface area contributed by atoms with Gasteiger partial charge in [-0.3, -0.25) is 9.80 Å². The van der Waals surface area contributed by atoms with Crippen LogP contribution in [0.1, 0.15) is 32.8 Å². The summed E-state index contributed by atoms with van der Waals surface area (Å²) in [7, 11) is 0. The van der Waals surface area contributed by atoms with E-state index >= 15 is 0 Å². The van der Waals surface area contributed by atoms with Gasteiger partial charge in [-0.25, -0.2) is 13.6 Å². The molecule has 2 heterocycles. The molecule has 2 saturated heterocycles. The van der Waals surface area contributed by atoms with E-state index in [0.717, 1.165) is 5.56 Å². The maximum Gasteiger partial charge on any atom is 0.411 e. The van der Waals surface area contributed by atoms with Crippen LogP contribution in [-0.4, -0.2) is 52.6 Å². The second-order valence-corrected chi connectivity index (χ2v) is 7.70. The van der Waals surface area contributed by atoms with E-state index in [9.17, 15) is 13.6 Å². The minimum absolute atomic E-state index is 0.164. The van der Waals surface area contributed by atoms with Crippen LogP contribution < -0.4 is 0 Å². The van der Waals surface area contributed by atoms with Crippen molar-refractivity contribution in [2.75, 3.05) is 13.1 Å². The first-order valence-electron chi connectivity index (χ1n) is 8.31. The van der Waals surface area contributed by atoms with E-state index in [1.165, 1.54) is 4.90 Å². The summed E-state index contributed by atoms with van der Waals surface area (Å²) in [5.41, 5.74) is 0.401. The summed E-state index contributed by atoms with van der Waals surface area (Å²) in [6, 6.07) is 8.17. The average Bonchev–Trinajstić information content (AvgIpc) is 2.61. The van der Waals surface area contributed by atoms with Gasteiger partial charge in [0, 0.05) is 26.1 Å². The first-order valence-corrected chi connectivity index (χ1v) is 8.31. The molecule has 0 N–H and O–H groups in total. The maximum absolute atomic E-state index is 14.4. The molecule has 0 aromatic heterocycles. The zero-order valence-corrected chi connectivity index (χ0v) is 14.3. The van der Waals surface area contributed by atoms with E-state index in [0.29, 0.717) is 13.1 Å². The number of rotatable bonds is 2. The van der Waals surface area contributed by atoms with E-state index in [4.69, 9.17) is 4.74 Å². The molecule has 2 unspecified atom stereocenters. The minimum Gasteiger partial charge on any atom is -0.444 e. The topological polar surface area (TPSA) is 32.8 Å². The second-order valence-electron chi connectivity index (χ2n) is 7.70. The van der Waals surface area contributed by atoms with Gasteiger partial charge in [0.05, 0.1) is 6.04 Å². The van der Waals surface area contributed by atoms with Crippen LogP contribution in [0, 0.1) is 0 Å². The van der Waals surface area contributed by atoms with Gasteiger partial charge in [-0.2, -0.15) is 0 Å². The summed E-state index contributed by atoms with van der Waals surface area (Å²) < 4.78 is 34.1. The summed E-state index contributed by atoms with van der Waals surface area (Å²) in [6.07, 6.45) is -0.920. The predicted molar refractivity (Wildman–Crippen MR) is 86.9 cm³/mol. The van der Waals surface area contributed by atoms with Crippen molar-refractivity contribution in [1.29, 1.82) is 0 Å². The molecule has 2 aliphatic heterocycles. The summed E-state index contributed by atoms with van der Waals surface area (Å²) in [6.45, 7) is 6.47. The molecule has 2 atom stereocenters. The molecular weight excluding hydrogens is 314 g/mol. The van der Waals surface area contributed by atoms with Gasteiger partial charge in [-0.1, -0.05) is 30.3 Å². The Morgan fingerprint density at radius 3 is 2.50 bits per heavy atom. The van der Waals surface area contributed by atoms with Gasteiger partial charge in [0.1, 0.15) is 11.6 Å². The Bertz CT molecular complexity index is 601. The number of likely N-dealkylation sites (tertiary alicyclic amines) is 1. The highest BCUT2D eigenvalue weighted by Crippen LogP contribution is 2.42. The quantitative estimate of drug-likeness (QED) is 0.827. The Kier molecular flexibility index (Phi) is 4.28. The van der Waals surface area contributed by atoms with Crippen molar-refractivity contribution in [3.63, 3.8) is 0 Å². The normalized spacial score (nSPS) is 26.5. The number of ether oxygens (including phenoxy) is 1. The molecule has 4 nitrogen and oxygen atoms in total. The summed E-state index contributed by atoms with van der Waals surface area (Å²) in [5, 5.41) is 0. The zero-order chi connectivity index (χ0) is 17.5. The van der Waals surface area contributed by atoms with Gasteiger partial charge in [0.25, 0.3) is 5.92 Å². The van der Waals surface area contributed by atoms with Gasteiger partial charge in [-0.15, -0.1) is 0 Å². The molecule has 2 aliphatic rings. The highest BCUT2D eigenvalue weighted by atomic mass is 19.3. The summed E-state index contributed by atoms with van der Waals surface area (Å²) >= 11 is 0. The molecule has 2 bridgehead atoms. The van der Waals surface area contributed by atoms with Crippen LogP contribution in [0.3, 0.4) is 0 Å². The smallest absolute Gasteiger partial charge is 0.411 e. The van der Waals surface area contributed by atoms with E-state index in [1.54, 1.807) is 20.8 Å². The molecule has 1 aromatic carbocycles. The lowest BCUT2D eigenvalue weighted by Gasteiger charge is -2.41. The molecule has 0 spiro atoms. The van der Waals surface area contributed by atoms with Gasteiger partial charge in [-0.05, 0) is 26.3 Å².